The molecule has 0 spiro atoms. The summed E-state index contributed by atoms with van der Waals surface area (Å²) in [5.41, 5.74) is 1.22. The van der Waals surface area contributed by atoms with E-state index in [2.05, 4.69) is 10.0 Å². The molecule has 7 heteroatoms. The lowest BCUT2D eigenvalue weighted by Gasteiger charge is -2.28. The highest BCUT2D eigenvalue weighted by Crippen LogP contribution is 2.26. The molecule has 0 atom stereocenters. The lowest BCUT2D eigenvalue weighted by Crippen LogP contribution is -2.42. The number of carbonyl (C=O) groups is 1. The molecule has 0 saturated heterocycles. The maximum atomic E-state index is 12.3. The average Bonchev–Trinajstić information content (AvgIpc) is 2.55. The molecule has 1 aromatic carbocycles. The second kappa shape index (κ2) is 7.77. The van der Waals surface area contributed by atoms with Gasteiger partial charge in [0, 0.05) is 17.6 Å². The fourth-order valence-corrected chi connectivity index (χ4v) is 3.69. The Morgan fingerprint density at radius 1 is 1.17 bits per heavy atom. The van der Waals surface area contributed by atoms with Gasteiger partial charge in [0.25, 0.3) is 0 Å². The molecule has 24 heavy (non-hydrogen) atoms. The van der Waals surface area contributed by atoms with Crippen molar-refractivity contribution in [3.05, 3.63) is 29.8 Å². The van der Waals surface area contributed by atoms with Gasteiger partial charge in [-0.2, -0.15) is 5.26 Å². The molecule has 1 aromatic rings. The predicted octanol–water partition coefficient (Wildman–Crippen LogP) is 2.38. The zero-order valence-electron chi connectivity index (χ0n) is 14.0. The zero-order chi connectivity index (χ0) is 17.7. The van der Waals surface area contributed by atoms with E-state index in [-0.39, 0.29) is 17.9 Å². The Balaban J connectivity index is 1.85. The molecule has 0 aliphatic heterocycles. The molecular weight excluding hydrogens is 326 g/mol. The maximum absolute atomic E-state index is 12.3. The summed E-state index contributed by atoms with van der Waals surface area (Å²) in [7, 11) is -3.27. The fourth-order valence-electron chi connectivity index (χ4n) is 2.71. The van der Waals surface area contributed by atoms with E-state index in [0.29, 0.717) is 36.9 Å². The van der Waals surface area contributed by atoms with E-state index < -0.39 is 15.3 Å². The van der Waals surface area contributed by atoms with E-state index in [1.165, 1.54) is 0 Å². The number of amides is 1. The third-order valence-corrected chi connectivity index (χ3v) is 6.23. The minimum Gasteiger partial charge on any atom is -0.326 e. The van der Waals surface area contributed by atoms with Crippen molar-refractivity contribution >= 4 is 21.6 Å². The molecule has 130 valence electrons. The topological polar surface area (TPSA) is 99.1 Å². The quantitative estimate of drug-likeness (QED) is 0.852. The van der Waals surface area contributed by atoms with Crippen LogP contribution in [0, 0.1) is 17.2 Å². The van der Waals surface area contributed by atoms with Crippen LogP contribution in [0.2, 0.25) is 0 Å². The van der Waals surface area contributed by atoms with Crippen molar-refractivity contribution < 1.29 is 13.2 Å². The van der Waals surface area contributed by atoms with Crippen LogP contribution in [0.25, 0.3) is 0 Å². The minimum atomic E-state index is -3.27. The minimum absolute atomic E-state index is 0.0510. The van der Waals surface area contributed by atoms with Crippen LogP contribution in [-0.2, 0) is 14.8 Å². The van der Waals surface area contributed by atoms with Gasteiger partial charge in [-0.15, -0.1) is 0 Å². The van der Waals surface area contributed by atoms with Crippen LogP contribution >= 0.6 is 0 Å². The van der Waals surface area contributed by atoms with E-state index in [9.17, 15) is 13.2 Å². The first-order valence-electron chi connectivity index (χ1n) is 8.14. The van der Waals surface area contributed by atoms with E-state index >= 15 is 0 Å². The Morgan fingerprint density at radius 3 is 2.25 bits per heavy atom. The second-order valence-electron chi connectivity index (χ2n) is 6.44. The molecule has 1 aliphatic carbocycles. The van der Waals surface area contributed by atoms with Gasteiger partial charge in [0.05, 0.1) is 16.9 Å². The zero-order valence-corrected chi connectivity index (χ0v) is 14.8. The summed E-state index contributed by atoms with van der Waals surface area (Å²) >= 11 is 0. The first kappa shape index (κ1) is 18.4. The molecule has 0 heterocycles. The van der Waals surface area contributed by atoms with Crippen LogP contribution in [0.3, 0.4) is 0 Å². The molecule has 0 bridgehead atoms. The van der Waals surface area contributed by atoms with Gasteiger partial charge in [-0.3, -0.25) is 4.79 Å². The van der Waals surface area contributed by atoms with Crippen LogP contribution in [0.5, 0.6) is 0 Å². The van der Waals surface area contributed by atoms with Crippen molar-refractivity contribution in [2.75, 3.05) is 5.32 Å². The number of nitrogens with zero attached hydrogens (tertiary/aromatic N) is 1. The number of nitriles is 1. The van der Waals surface area contributed by atoms with E-state index in [1.54, 1.807) is 38.1 Å². The molecule has 1 saturated carbocycles. The van der Waals surface area contributed by atoms with Crippen molar-refractivity contribution in [2.45, 2.75) is 50.8 Å². The molecular formula is C17H23N3O3S. The Morgan fingerprint density at radius 2 is 1.75 bits per heavy atom. The third kappa shape index (κ3) is 4.79. The molecule has 0 aromatic heterocycles. The van der Waals surface area contributed by atoms with Crippen molar-refractivity contribution in [2.24, 2.45) is 5.92 Å². The summed E-state index contributed by atoms with van der Waals surface area (Å²) in [6.45, 7) is 3.30. The van der Waals surface area contributed by atoms with Gasteiger partial charge in [-0.05, 0) is 63.8 Å². The summed E-state index contributed by atoms with van der Waals surface area (Å²) in [5, 5.41) is 11.2. The van der Waals surface area contributed by atoms with Crippen LogP contribution in [0.4, 0.5) is 5.69 Å². The highest BCUT2D eigenvalue weighted by Gasteiger charge is 2.29. The summed E-state index contributed by atoms with van der Waals surface area (Å²) in [6.07, 6.45) is 2.65. The average molecular weight is 349 g/mol. The number of nitrogens with one attached hydrogen (secondary N) is 2. The largest absolute Gasteiger partial charge is 0.326 e. The highest BCUT2D eigenvalue weighted by molar-refractivity contribution is 7.90. The first-order valence-corrected chi connectivity index (χ1v) is 9.68. The summed E-state index contributed by atoms with van der Waals surface area (Å²) in [4.78, 5) is 12.3. The summed E-state index contributed by atoms with van der Waals surface area (Å²) in [6, 6.07) is 8.68. The Bertz CT molecular complexity index is 712. The van der Waals surface area contributed by atoms with Gasteiger partial charge in [0.15, 0.2) is 0 Å². The smallest absolute Gasteiger partial charge is 0.227 e. The Hall–Kier alpha value is -1.91. The molecule has 1 aliphatic rings. The Labute approximate surface area is 143 Å². The van der Waals surface area contributed by atoms with E-state index in [0.717, 1.165) is 0 Å². The van der Waals surface area contributed by atoms with Crippen molar-refractivity contribution in [1.29, 1.82) is 5.26 Å². The number of hydrogen-bond acceptors (Lipinski definition) is 4. The molecule has 1 amide bonds. The first-order chi connectivity index (χ1) is 11.3. The summed E-state index contributed by atoms with van der Waals surface area (Å²) in [5.74, 6) is -0.162. The third-order valence-electron chi connectivity index (χ3n) is 4.33. The molecule has 0 unspecified atom stereocenters. The highest BCUT2D eigenvalue weighted by atomic mass is 32.2. The van der Waals surface area contributed by atoms with E-state index in [1.807, 2.05) is 6.07 Å². The van der Waals surface area contributed by atoms with Crippen molar-refractivity contribution in [3.8, 4) is 6.07 Å². The number of anilines is 1. The number of carbonyl (C=O) groups excluding carboxylic acids is 1. The SMILES string of the molecule is CC(C)S(=O)(=O)N[C@H]1CC[C@H](C(=O)Nc2ccc(C#N)cc2)CC1. The monoisotopic (exact) mass is 349 g/mol. The number of hydrogen-bond donors (Lipinski definition) is 2. The van der Waals surface area contributed by atoms with Gasteiger partial charge in [-0.1, -0.05) is 0 Å². The van der Waals surface area contributed by atoms with Gasteiger partial charge in [-0.25, -0.2) is 13.1 Å². The molecule has 1 fully saturated rings. The van der Waals surface area contributed by atoms with E-state index in [4.69, 9.17) is 5.26 Å². The number of benzene rings is 1. The van der Waals surface area contributed by atoms with Crippen LogP contribution in [0.1, 0.15) is 45.1 Å². The molecule has 6 nitrogen and oxygen atoms in total. The second-order valence-corrected chi connectivity index (χ2v) is 8.71. The summed E-state index contributed by atoms with van der Waals surface area (Å²) < 4.78 is 26.5. The van der Waals surface area contributed by atoms with Gasteiger partial charge < -0.3 is 5.32 Å². The number of rotatable bonds is 5. The van der Waals surface area contributed by atoms with Gasteiger partial charge in [0.2, 0.25) is 15.9 Å². The fraction of sp³-hybridized carbons (Fsp3) is 0.529. The maximum Gasteiger partial charge on any atom is 0.227 e. The van der Waals surface area contributed by atoms with Crippen molar-refractivity contribution in [3.63, 3.8) is 0 Å². The standard InChI is InChI=1S/C17H23N3O3S/c1-12(2)24(22,23)20-16-9-5-14(6-10-16)17(21)19-15-7-3-13(11-18)4-8-15/h3-4,7-8,12,14,16,20H,5-6,9-10H2,1-2H3,(H,19,21)/t14-,16-. The van der Waals surface area contributed by atoms with Crippen LogP contribution in [-0.4, -0.2) is 25.6 Å². The normalized spacial score (nSPS) is 21.2. The number of sulfonamides is 1. The van der Waals surface area contributed by atoms with Crippen molar-refractivity contribution in [1.82, 2.24) is 4.72 Å². The lowest BCUT2D eigenvalue weighted by molar-refractivity contribution is -0.120. The molecule has 2 rings (SSSR count). The van der Waals surface area contributed by atoms with Gasteiger partial charge >= 0.3 is 0 Å². The molecule has 2 N–H and O–H groups in total. The van der Waals surface area contributed by atoms with Gasteiger partial charge in [0.1, 0.15) is 0 Å². The predicted molar refractivity (Wildman–Crippen MR) is 92.7 cm³/mol. The van der Waals surface area contributed by atoms with Crippen LogP contribution in [0.15, 0.2) is 24.3 Å². The molecule has 0 radical (unpaired) electrons. The van der Waals surface area contributed by atoms with Crippen LogP contribution < -0.4 is 10.0 Å². The lowest BCUT2D eigenvalue weighted by atomic mass is 9.86. The Kier molecular flexibility index (Phi) is 5.97.